The zero-order valence-electron chi connectivity index (χ0n) is 18.3. The number of carbonyl (C=O) groups is 1. The maximum absolute atomic E-state index is 12.6. The standard InChI is InChI=1S/C29H21N3OS/c33-28-27(34-29(31-28)30-24-10-2-1-3-11-24)17-23-19-32(26-13-7-6-12-25(23)26)18-20-14-15-21-8-4-5-9-22(21)16-20/h1-17,19H,18H2,(H,30,31,33)/b27-17+. The molecule has 1 saturated heterocycles. The first-order chi connectivity index (χ1) is 16.7. The SMILES string of the molecule is O=C1NC(=Nc2ccccc2)S/C1=C/c1cn(Cc2ccc3ccccc3c2)c2ccccc12. The highest BCUT2D eigenvalue weighted by Gasteiger charge is 2.24. The Balaban J connectivity index is 1.34. The molecule has 1 aliphatic rings. The number of nitrogens with zero attached hydrogens (tertiary/aromatic N) is 2. The highest BCUT2D eigenvalue weighted by Crippen LogP contribution is 2.31. The molecule has 34 heavy (non-hydrogen) atoms. The van der Waals surface area contributed by atoms with Crippen LogP contribution in [-0.4, -0.2) is 15.6 Å². The molecule has 0 aliphatic carbocycles. The van der Waals surface area contributed by atoms with E-state index in [9.17, 15) is 4.79 Å². The van der Waals surface area contributed by atoms with Crippen LogP contribution in [0.25, 0.3) is 27.8 Å². The van der Waals surface area contributed by atoms with Crippen LogP contribution in [0.3, 0.4) is 0 Å². The summed E-state index contributed by atoms with van der Waals surface area (Å²) in [7, 11) is 0. The van der Waals surface area contributed by atoms with Gasteiger partial charge in [-0.05, 0) is 58.4 Å². The maximum atomic E-state index is 12.6. The molecule has 2 heterocycles. The lowest BCUT2D eigenvalue weighted by Gasteiger charge is -2.07. The van der Waals surface area contributed by atoms with Crippen molar-refractivity contribution in [3.8, 4) is 0 Å². The summed E-state index contributed by atoms with van der Waals surface area (Å²) in [4.78, 5) is 17.8. The zero-order valence-corrected chi connectivity index (χ0v) is 19.1. The molecule has 0 bridgehead atoms. The van der Waals surface area contributed by atoms with E-state index >= 15 is 0 Å². The number of para-hydroxylation sites is 2. The van der Waals surface area contributed by atoms with Crippen LogP contribution in [0.4, 0.5) is 5.69 Å². The summed E-state index contributed by atoms with van der Waals surface area (Å²) in [6.07, 6.45) is 4.10. The number of benzene rings is 4. The predicted molar refractivity (Wildman–Crippen MR) is 142 cm³/mol. The predicted octanol–water partition coefficient (Wildman–Crippen LogP) is 6.73. The second-order valence-electron chi connectivity index (χ2n) is 8.23. The number of fused-ring (bicyclic) bond motifs is 2. The number of amides is 1. The van der Waals surface area contributed by atoms with E-state index < -0.39 is 0 Å². The van der Waals surface area contributed by atoms with Gasteiger partial charge in [-0.2, -0.15) is 0 Å². The van der Waals surface area contributed by atoms with E-state index in [0.29, 0.717) is 10.1 Å². The van der Waals surface area contributed by atoms with Crippen LogP contribution < -0.4 is 5.32 Å². The van der Waals surface area contributed by atoms with Gasteiger partial charge in [-0.15, -0.1) is 0 Å². The van der Waals surface area contributed by atoms with Crippen molar-refractivity contribution in [3.63, 3.8) is 0 Å². The van der Waals surface area contributed by atoms with Crippen molar-refractivity contribution in [1.82, 2.24) is 9.88 Å². The first-order valence-electron chi connectivity index (χ1n) is 11.1. The van der Waals surface area contributed by atoms with Crippen molar-refractivity contribution in [2.75, 3.05) is 0 Å². The Bertz CT molecular complexity index is 1600. The fraction of sp³-hybridized carbons (Fsp3) is 0.0345. The lowest BCUT2D eigenvalue weighted by molar-refractivity contribution is -0.115. The summed E-state index contributed by atoms with van der Waals surface area (Å²) in [5.74, 6) is -0.119. The van der Waals surface area contributed by atoms with Gasteiger partial charge in [0.2, 0.25) is 0 Å². The van der Waals surface area contributed by atoms with Crippen LogP contribution >= 0.6 is 11.8 Å². The van der Waals surface area contributed by atoms with Gasteiger partial charge in [0, 0.05) is 29.2 Å². The van der Waals surface area contributed by atoms with E-state index in [2.05, 4.69) is 81.7 Å². The highest BCUT2D eigenvalue weighted by molar-refractivity contribution is 8.18. The average molecular weight is 460 g/mol. The Morgan fingerprint density at radius 3 is 2.50 bits per heavy atom. The van der Waals surface area contributed by atoms with Crippen molar-refractivity contribution in [3.05, 3.63) is 119 Å². The van der Waals surface area contributed by atoms with E-state index in [0.717, 1.165) is 28.7 Å². The summed E-state index contributed by atoms with van der Waals surface area (Å²) < 4.78 is 2.25. The molecule has 0 spiro atoms. The molecule has 4 aromatic carbocycles. The van der Waals surface area contributed by atoms with Gasteiger partial charge < -0.3 is 9.88 Å². The van der Waals surface area contributed by atoms with Crippen LogP contribution in [0, 0.1) is 0 Å². The Labute approximate surface area is 201 Å². The van der Waals surface area contributed by atoms with E-state index in [1.165, 1.54) is 28.1 Å². The molecule has 1 aromatic heterocycles. The van der Waals surface area contributed by atoms with Gasteiger partial charge in [0.05, 0.1) is 10.6 Å². The second-order valence-corrected chi connectivity index (χ2v) is 9.26. The number of amidine groups is 1. The number of aromatic nitrogens is 1. The van der Waals surface area contributed by atoms with Crippen molar-refractivity contribution >= 4 is 56.3 Å². The molecule has 0 radical (unpaired) electrons. The number of hydrogen-bond donors (Lipinski definition) is 1. The molecule has 1 N–H and O–H groups in total. The van der Waals surface area contributed by atoms with Crippen LogP contribution in [0.1, 0.15) is 11.1 Å². The molecule has 0 atom stereocenters. The summed E-state index contributed by atoms with van der Waals surface area (Å²) in [6.45, 7) is 0.759. The van der Waals surface area contributed by atoms with Gasteiger partial charge in [0.25, 0.3) is 5.91 Å². The molecule has 164 valence electrons. The smallest absolute Gasteiger partial charge is 0.264 e. The number of nitrogens with one attached hydrogen (secondary N) is 1. The largest absolute Gasteiger partial charge is 0.342 e. The van der Waals surface area contributed by atoms with Crippen LogP contribution in [0.15, 0.2) is 113 Å². The summed E-state index contributed by atoms with van der Waals surface area (Å²) in [5, 5.41) is 7.09. The third-order valence-electron chi connectivity index (χ3n) is 5.91. The van der Waals surface area contributed by atoms with E-state index in [1.807, 2.05) is 42.5 Å². The van der Waals surface area contributed by atoms with E-state index in [1.54, 1.807) is 0 Å². The normalized spacial score (nSPS) is 16.1. The molecule has 5 aromatic rings. The fourth-order valence-corrected chi connectivity index (χ4v) is 5.13. The molecule has 0 unspecified atom stereocenters. The lowest BCUT2D eigenvalue weighted by atomic mass is 10.1. The molecule has 1 amide bonds. The first kappa shape index (κ1) is 20.5. The van der Waals surface area contributed by atoms with Crippen molar-refractivity contribution < 1.29 is 4.79 Å². The van der Waals surface area contributed by atoms with Crippen LogP contribution in [0.2, 0.25) is 0 Å². The Morgan fingerprint density at radius 2 is 1.62 bits per heavy atom. The fourth-order valence-electron chi connectivity index (χ4n) is 4.30. The third kappa shape index (κ3) is 4.02. The minimum absolute atomic E-state index is 0.119. The lowest BCUT2D eigenvalue weighted by Crippen LogP contribution is -2.19. The number of hydrogen-bond acceptors (Lipinski definition) is 3. The van der Waals surface area contributed by atoms with E-state index in [-0.39, 0.29) is 5.91 Å². The van der Waals surface area contributed by atoms with Gasteiger partial charge in [-0.25, -0.2) is 4.99 Å². The first-order valence-corrected chi connectivity index (χ1v) is 11.9. The molecule has 1 aliphatic heterocycles. The maximum Gasteiger partial charge on any atom is 0.264 e. The number of aliphatic imine (C=N–C) groups is 1. The van der Waals surface area contributed by atoms with Crippen molar-refractivity contribution in [2.24, 2.45) is 4.99 Å². The number of rotatable bonds is 4. The topological polar surface area (TPSA) is 46.4 Å². The Hall–Kier alpha value is -4.09. The van der Waals surface area contributed by atoms with Crippen molar-refractivity contribution in [2.45, 2.75) is 6.54 Å². The Kier molecular flexibility index (Phi) is 5.24. The monoisotopic (exact) mass is 459 g/mol. The molecule has 0 saturated carbocycles. The van der Waals surface area contributed by atoms with Crippen LogP contribution in [0.5, 0.6) is 0 Å². The third-order valence-corrected chi connectivity index (χ3v) is 6.82. The number of thioether (sulfide) groups is 1. The van der Waals surface area contributed by atoms with Gasteiger partial charge >= 0.3 is 0 Å². The minimum Gasteiger partial charge on any atom is -0.342 e. The molecular weight excluding hydrogens is 438 g/mol. The summed E-state index contributed by atoms with van der Waals surface area (Å²) in [5.41, 5.74) is 4.22. The molecular formula is C29H21N3OS. The molecule has 4 nitrogen and oxygen atoms in total. The van der Waals surface area contributed by atoms with Gasteiger partial charge in [0.1, 0.15) is 0 Å². The molecule has 1 fully saturated rings. The number of carbonyl (C=O) groups excluding carboxylic acids is 1. The average Bonchev–Trinajstić information content (AvgIpc) is 3.39. The van der Waals surface area contributed by atoms with Gasteiger partial charge in [-0.3, -0.25) is 4.79 Å². The second kappa shape index (κ2) is 8.69. The minimum atomic E-state index is -0.119. The van der Waals surface area contributed by atoms with Gasteiger partial charge in [-0.1, -0.05) is 72.8 Å². The highest BCUT2D eigenvalue weighted by atomic mass is 32.2. The Morgan fingerprint density at radius 1 is 0.853 bits per heavy atom. The van der Waals surface area contributed by atoms with Crippen LogP contribution in [-0.2, 0) is 11.3 Å². The van der Waals surface area contributed by atoms with E-state index in [4.69, 9.17) is 0 Å². The molecule has 6 rings (SSSR count). The molecule has 5 heteroatoms. The summed E-state index contributed by atoms with van der Waals surface area (Å²) >= 11 is 1.37. The zero-order chi connectivity index (χ0) is 22.9. The van der Waals surface area contributed by atoms with Gasteiger partial charge in [0.15, 0.2) is 5.17 Å². The quantitative estimate of drug-likeness (QED) is 0.303. The summed E-state index contributed by atoms with van der Waals surface area (Å²) in [6, 6.07) is 33.0. The van der Waals surface area contributed by atoms with Crippen molar-refractivity contribution in [1.29, 1.82) is 0 Å².